The summed E-state index contributed by atoms with van der Waals surface area (Å²) in [4.78, 5) is 15.6. The Labute approximate surface area is 153 Å². The third-order valence-electron chi connectivity index (χ3n) is 5.34. The molecule has 1 unspecified atom stereocenters. The quantitative estimate of drug-likeness (QED) is 0.890. The van der Waals surface area contributed by atoms with Crippen molar-refractivity contribution in [1.29, 1.82) is 0 Å². The van der Waals surface area contributed by atoms with E-state index in [1.165, 1.54) is 5.56 Å². The fraction of sp³-hybridized carbons (Fsp3) is 0.579. The monoisotopic (exact) mass is 361 g/mol. The van der Waals surface area contributed by atoms with Crippen molar-refractivity contribution in [1.82, 2.24) is 14.7 Å². The van der Waals surface area contributed by atoms with E-state index in [9.17, 15) is 9.90 Å². The highest BCUT2D eigenvalue weighted by molar-refractivity contribution is 7.10. The molecule has 6 heteroatoms. The molecule has 1 atom stereocenters. The molecule has 0 radical (unpaired) electrons. The maximum Gasteiger partial charge on any atom is 0.244 e. The zero-order chi connectivity index (χ0) is 18.0. The molecule has 0 spiro atoms. The minimum atomic E-state index is -0.402. The molecule has 3 rings (SSSR count). The second kappa shape index (κ2) is 7.70. The van der Waals surface area contributed by atoms with Crippen LogP contribution in [0.2, 0.25) is 0 Å². The topological polar surface area (TPSA) is 58.4 Å². The van der Waals surface area contributed by atoms with Crippen molar-refractivity contribution in [2.75, 3.05) is 13.1 Å². The van der Waals surface area contributed by atoms with Gasteiger partial charge in [-0.15, -0.1) is 11.3 Å². The molecule has 1 amide bonds. The molecule has 0 aliphatic carbocycles. The van der Waals surface area contributed by atoms with E-state index in [1.54, 1.807) is 11.3 Å². The number of nitrogens with zero attached hydrogens (tertiary/aromatic N) is 3. The minimum absolute atomic E-state index is 0.123. The zero-order valence-electron chi connectivity index (χ0n) is 15.2. The van der Waals surface area contributed by atoms with E-state index < -0.39 is 6.10 Å². The summed E-state index contributed by atoms with van der Waals surface area (Å²) in [7, 11) is 0. The lowest BCUT2D eigenvalue weighted by atomic mass is 9.90. The normalized spacial score (nSPS) is 17.0. The Morgan fingerprint density at radius 1 is 1.40 bits per heavy atom. The SMILES string of the molecule is CCc1c(C)nn(CC(=O)N2CCC(C(O)c3cccs3)CC2)c1C. The third kappa shape index (κ3) is 3.80. The molecule has 0 bridgehead atoms. The lowest BCUT2D eigenvalue weighted by Gasteiger charge is -2.34. The van der Waals surface area contributed by atoms with Gasteiger partial charge in [-0.25, -0.2) is 0 Å². The molecular formula is C19H27N3O2S. The smallest absolute Gasteiger partial charge is 0.244 e. The van der Waals surface area contributed by atoms with Crippen LogP contribution < -0.4 is 0 Å². The highest BCUT2D eigenvalue weighted by atomic mass is 32.1. The number of aliphatic hydroxyl groups is 1. The van der Waals surface area contributed by atoms with Crippen LogP contribution in [-0.2, 0) is 17.8 Å². The average molecular weight is 362 g/mol. The fourth-order valence-corrected chi connectivity index (χ4v) is 4.59. The number of hydrogen-bond acceptors (Lipinski definition) is 4. The number of carbonyl (C=O) groups is 1. The van der Waals surface area contributed by atoms with Crippen LogP contribution in [0, 0.1) is 19.8 Å². The number of rotatable bonds is 5. The van der Waals surface area contributed by atoms with Gasteiger partial charge < -0.3 is 10.0 Å². The maximum absolute atomic E-state index is 12.6. The molecule has 1 saturated heterocycles. The Morgan fingerprint density at radius 2 is 2.12 bits per heavy atom. The van der Waals surface area contributed by atoms with Crippen LogP contribution in [0.4, 0.5) is 0 Å². The third-order valence-corrected chi connectivity index (χ3v) is 6.29. The molecule has 0 saturated carbocycles. The van der Waals surface area contributed by atoms with Gasteiger partial charge in [-0.2, -0.15) is 5.10 Å². The zero-order valence-corrected chi connectivity index (χ0v) is 16.1. The number of likely N-dealkylation sites (tertiary alicyclic amines) is 1. The van der Waals surface area contributed by atoms with E-state index in [0.717, 1.165) is 35.5 Å². The molecule has 3 heterocycles. The maximum atomic E-state index is 12.6. The molecule has 2 aromatic heterocycles. The predicted molar refractivity (Wildman–Crippen MR) is 99.7 cm³/mol. The standard InChI is InChI=1S/C19H27N3O2S/c1-4-16-13(2)20-22(14(16)3)12-18(23)21-9-7-15(8-10-21)19(24)17-6-5-11-25-17/h5-6,11,15,19,24H,4,7-10,12H2,1-3H3. The number of amides is 1. The summed E-state index contributed by atoms with van der Waals surface area (Å²) in [6.45, 7) is 7.90. The molecular weight excluding hydrogens is 334 g/mol. The molecule has 1 aliphatic rings. The first-order valence-corrected chi connectivity index (χ1v) is 9.91. The van der Waals surface area contributed by atoms with Crippen LogP contribution in [0.5, 0.6) is 0 Å². The summed E-state index contributed by atoms with van der Waals surface area (Å²) in [5, 5.41) is 17.0. The Hall–Kier alpha value is -1.66. The number of thiophene rings is 1. The first-order chi connectivity index (χ1) is 12.0. The molecule has 5 nitrogen and oxygen atoms in total. The Morgan fingerprint density at radius 3 is 2.68 bits per heavy atom. The van der Waals surface area contributed by atoms with E-state index in [0.29, 0.717) is 19.6 Å². The van der Waals surface area contributed by atoms with E-state index in [1.807, 2.05) is 40.9 Å². The minimum Gasteiger partial charge on any atom is -0.387 e. The largest absolute Gasteiger partial charge is 0.387 e. The van der Waals surface area contributed by atoms with Crippen LogP contribution >= 0.6 is 11.3 Å². The number of piperidine rings is 1. The summed E-state index contributed by atoms with van der Waals surface area (Å²) >= 11 is 1.60. The van der Waals surface area contributed by atoms with Crippen LogP contribution in [0.3, 0.4) is 0 Å². The van der Waals surface area contributed by atoms with Crippen molar-refractivity contribution < 1.29 is 9.90 Å². The van der Waals surface area contributed by atoms with Crippen molar-refractivity contribution in [3.63, 3.8) is 0 Å². The van der Waals surface area contributed by atoms with Gasteiger partial charge >= 0.3 is 0 Å². The molecule has 136 valence electrons. The first-order valence-electron chi connectivity index (χ1n) is 9.03. The van der Waals surface area contributed by atoms with Gasteiger partial charge in [0.25, 0.3) is 0 Å². The molecule has 1 N–H and O–H groups in total. The van der Waals surface area contributed by atoms with E-state index in [2.05, 4.69) is 12.0 Å². The van der Waals surface area contributed by atoms with Gasteiger partial charge in [0.1, 0.15) is 6.54 Å². The van der Waals surface area contributed by atoms with Gasteiger partial charge in [0.2, 0.25) is 5.91 Å². The number of carbonyl (C=O) groups excluding carboxylic acids is 1. The van der Waals surface area contributed by atoms with Crippen molar-refractivity contribution in [2.24, 2.45) is 5.92 Å². The predicted octanol–water partition coefficient (Wildman–Crippen LogP) is 3.10. The lowest BCUT2D eigenvalue weighted by Crippen LogP contribution is -2.41. The number of hydrogen-bond donors (Lipinski definition) is 1. The molecule has 1 fully saturated rings. The Kier molecular flexibility index (Phi) is 5.59. The van der Waals surface area contributed by atoms with Gasteiger partial charge in [-0.3, -0.25) is 9.48 Å². The van der Waals surface area contributed by atoms with Gasteiger partial charge in [-0.1, -0.05) is 13.0 Å². The molecule has 25 heavy (non-hydrogen) atoms. The van der Waals surface area contributed by atoms with Crippen LogP contribution in [-0.4, -0.2) is 38.8 Å². The summed E-state index contributed by atoms with van der Waals surface area (Å²) in [6.07, 6.45) is 2.24. The second-order valence-electron chi connectivity index (χ2n) is 6.84. The highest BCUT2D eigenvalue weighted by Crippen LogP contribution is 2.33. The van der Waals surface area contributed by atoms with Crippen LogP contribution in [0.15, 0.2) is 17.5 Å². The summed E-state index contributed by atoms with van der Waals surface area (Å²) in [6, 6.07) is 3.96. The van der Waals surface area contributed by atoms with E-state index >= 15 is 0 Å². The highest BCUT2D eigenvalue weighted by Gasteiger charge is 2.29. The summed E-state index contributed by atoms with van der Waals surface area (Å²) < 4.78 is 1.84. The molecule has 0 aromatic carbocycles. The van der Waals surface area contributed by atoms with E-state index in [-0.39, 0.29) is 11.8 Å². The molecule has 2 aromatic rings. The Balaban J connectivity index is 1.57. The van der Waals surface area contributed by atoms with Gasteiger partial charge in [0.15, 0.2) is 0 Å². The van der Waals surface area contributed by atoms with Crippen LogP contribution in [0.1, 0.15) is 47.7 Å². The summed E-state index contributed by atoms with van der Waals surface area (Å²) in [5.74, 6) is 0.361. The van der Waals surface area contributed by atoms with Gasteiger partial charge in [0.05, 0.1) is 11.8 Å². The van der Waals surface area contributed by atoms with Crippen molar-refractivity contribution in [3.8, 4) is 0 Å². The van der Waals surface area contributed by atoms with E-state index in [4.69, 9.17) is 0 Å². The summed E-state index contributed by atoms with van der Waals surface area (Å²) in [5.41, 5.74) is 3.35. The lowest BCUT2D eigenvalue weighted by molar-refractivity contribution is -0.134. The van der Waals surface area contributed by atoms with Gasteiger partial charge in [0, 0.05) is 23.7 Å². The van der Waals surface area contributed by atoms with Crippen molar-refractivity contribution in [3.05, 3.63) is 39.3 Å². The average Bonchev–Trinajstić information content (AvgIpc) is 3.23. The fourth-order valence-electron chi connectivity index (χ4n) is 3.78. The second-order valence-corrected chi connectivity index (χ2v) is 7.82. The first kappa shape index (κ1) is 18.1. The van der Waals surface area contributed by atoms with Gasteiger partial charge in [-0.05, 0) is 56.0 Å². The Bertz CT molecular complexity index is 715. The number of aliphatic hydroxyl groups excluding tert-OH is 1. The van der Waals surface area contributed by atoms with Crippen molar-refractivity contribution in [2.45, 2.75) is 52.7 Å². The number of aryl methyl sites for hydroxylation is 1. The molecule has 1 aliphatic heterocycles. The van der Waals surface area contributed by atoms with Crippen LogP contribution in [0.25, 0.3) is 0 Å². The van der Waals surface area contributed by atoms with Crippen molar-refractivity contribution >= 4 is 17.2 Å². The number of aromatic nitrogens is 2.